The Balaban J connectivity index is 1.24. The minimum absolute atomic E-state index is 0.0986. The Morgan fingerprint density at radius 1 is 1.08 bits per heavy atom. The first kappa shape index (κ1) is 19.5. The smallest absolute Gasteiger partial charge is 0.279 e. The van der Waals surface area contributed by atoms with Crippen molar-refractivity contribution >= 4 is 5.78 Å². The second kappa shape index (κ2) is 8.59. The summed E-state index contributed by atoms with van der Waals surface area (Å²) in [6, 6.07) is 7.77. The van der Waals surface area contributed by atoms with Crippen molar-refractivity contribution in [3.05, 3.63) is 35.4 Å². The standard InChI is InChI=1S/C20H28O6/c1-16(21)18-7-3-5-17(11-18)6-4-8-22-9-10-23-12-20-13-24-19(2,25-14-20)26-15-20/h3,5,7,11H,4,6,8-10,12-15H2,1-2H3. The summed E-state index contributed by atoms with van der Waals surface area (Å²) in [7, 11) is 0. The summed E-state index contributed by atoms with van der Waals surface area (Å²) in [6.45, 7) is 7.50. The molecule has 3 saturated heterocycles. The molecular weight excluding hydrogens is 336 g/mol. The van der Waals surface area contributed by atoms with Crippen LogP contribution in [0, 0.1) is 5.41 Å². The number of fused-ring (bicyclic) bond motifs is 3. The topological polar surface area (TPSA) is 63.2 Å². The molecule has 0 radical (unpaired) electrons. The number of hydrogen-bond donors (Lipinski definition) is 0. The van der Waals surface area contributed by atoms with Gasteiger partial charge in [-0.25, -0.2) is 0 Å². The highest BCUT2D eigenvalue weighted by molar-refractivity contribution is 5.94. The minimum Gasteiger partial charge on any atom is -0.379 e. The largest absolute Gasteiger partial charge is 0.379 e. The summed E-state index contributed by atoms with van der Waals surface area (Å²) in [4.78, 5) is 11.4. The maximum Gasteiger partial charge on any atom is 0.279 e. The third-order valence-corrected chi connectivity index (χ3v) is 4.79. The Bertz CT molecular complexity index is 590. The molecule has 0 N–H and O–H groups in total. The van der Waals surface area contributed by atoms with Crippen LogP contribution in [-0.4, -0.2) is 58.0 Å². The van der Waals surface area contributed by atoms with Gasteiger partial charge in [0.2, 0.25) is 0 Å². The van der Waals surface area contributed by atoms with Crippen molar-refractivity contribution < 1.29 is 28.5 Å². The van der Waals surface area contributed by atoms with E-state index in [0.29, 0.717) is 46.2 Å². The quantitative estimate of drug-likeness (QED) is 0.470. The number of carbonyl (C=O) groups excluding carboxylic acids is 1. The third kappa shape index (κ3) is 5.11. The lowest BCUT2D eigenvalue weighted by molar-refractivity contribution is -0.462. The van der Waals surface area contributed by atoms with Gasteiger partial charge in [-0.3, -0.25) is 4.79 Å². The Morgan fingerprint density at radius 3 is 2.46 bits per heavy atom. The van der Waals surface area contributed by atoms with Crippen molar-refractivity contribution in [3.8, 4) is 0 Å². The van der Waals surface area contributed by atoms with Crippen LogP contribution < -0.4 is 0 Å². The lowest BCUT2D eigenvalue weighted by Crippen LogP contribution is -2.60. The molecule has 1 aromatic carbocycles. The van der Waals surface area contributed by atoms with Crippen LogP contribution in [0.4, 0.5) is 0 Å². The Hall–Kier alpha value is -1.31. The molecular formula is C20H28O6. The van der Waals surface area contributed by atoms with Gasteiger partial charge in [-0.15, -0.1) is 0 Å². The number of ether oxygens (including phenoxy) is 5. The number of aryl methyl sites for hydroxylation is 1. The number of carbonyl (C=O) groups is 1. The van der Waals surface area contributed by atoms with E-state index in [-0.39, 0.29) is 11.2 Å². The van der Waals surface area contributed by atoms with Crippen LogP contribution in [0.5, 0.6) is 0 Å². The summed E-state index contributed by atoms with van der Waals surface area (Å²) in [5, 5.41) is 0. The molecule has 0 aromatic heterocycles. The van der Waals surface area contributed by atoms with Gasteiger partial charge in [0.25, 0.3) is 5.97 Å². The lowest BCUT2D eigenvalue weighted by Gasteiger charge is -2.50. The van der Waals surface area contributed by atoms with Gasteiger partial charge in [-0.2, -0.15) is 0 Å². The van der Waals surface area contributed by atoms with Gasteiger partial charge in [0.05, 0.1) is 45.1 Å². The van der Waals surface area contributed by atoms with Gasteiger partial charge >= 0.3 is 0 Å². The number of ketones is 1. The first-order chi connectivity index (χ1) is 12.5. The predicted molar refractivity (Wildman–Crippen MR) is 95.1 cm³/mol. The predicted octanol–water partition coefficient (Wildman–Crippen LogP) is 2.59. The van der Waals surface area contributed by atoms with Gasteiger partial charge in [0.15, 0.2) is 5.78 Å². The Morgan fingerprint density at radius 2 is 1.77 bits per heavy atom. The van der Waals surface area contributed by atoms with Crippen LogP contribution in [0.2, 0.25) is 0 Å². The van der Waals surface area contributed by atoms with Crippen molar-refractivity contribution in [2.24, 2.45) is 5.41 Å². The molecule has 6 nitrogen and oxygen atoms in total. The minimum atomic E-state index is -0.866. The van der Waals surface area contributed by atoms with Gasteiger partial charge < -0.3 is 23.7 Å². The average molecular weight is 364 g/mol. The van der Waals surface area contributed by atoms with Crippen molar-refractivity contribution in [2.45, 2.75) is 32.7 Å². The van der Waals surface area contributed by atoms with Crippen LogP contribution >= 0.6 is 0 Å². The second-order valence-corrected chi connectivity index (χ2v) is 7.25. The van der Waals surface area contributed by atoms with E-state index >= 15 is 0 Å². The van der Waals surface area contributed by atoms with Crippen molar-refractivity contribution in [3.63, 3.8) is 0 Å². The molecule has 4 rings (SSSR count). The highest BCUT2D eigenvalue weighted by Gasteiger charge is 2.50. The number of benzene rings is 1. The number of rotatable bonds is 10. The van der Waals surface area contributed by atoms with Crippen LogP contribution in [0.3, 0.4) is 0 Å². The van der Waals surface area contributed by atoms with E-state index in [1.807, 2.05) is 24.3 Å². The van der Waals surface area contributed by atoms with E-state index < -0.39 is 5.97 Å². The molecule has 0 atom stereocenters. The second-order valence-electron chi connectivity index (χ2n) is 7.25. The summed E-state index contributed by atoms with van der Waals surface area (Å²) in [6.07, 6.45) is 1.81. The van der Waals surface area contributed by atoms with Crippen molar-refractivity contribution in [2.75, 3.05) is 46.2 Å². The molecule has 2 bridgehead atoms. The van der Waals surface area contributed by atoms with E-state index in [1.54, 1.807) is 13.8 Å². The van der Waals surface area contributed by atoms with Crippen LogP contribution in [0.25, 0.3) is 0 Å². The molecule has 3 aliphatic rings. The van der Waals surface area contributed by atoms with Crippen molar-refractivity contribution in [1.29, 1.82) is 0 Å². The maximum absolute atomic E-state index is 11.4. The first-order valence-corrected chi connectivity index (χ1v) is 9.18. The molecule has 0 aliphatic carbocycles. The monoisotopic (exact) mass is 364 g/mol. The maximum atomic E-state index is 11.4. The van der Waals surface area contributed by atoms with Gasteiger partial charge in [0.1, 0.15) is 0 Å². The van der Waals surface area contributed by atoms with E-state index in [0.717, 1.165) is 18.4 Å². The highest BCUT2D eigenvalue weighted by Crippen LogP contribution is 2.38. The van der Waals surface area contributed by atoms with Crippen LogP contribution in [-0.2, 0) is 30.1 Å². The fraction of sp³-hybridized carbons (Fsp3) is 0.650. The molecule has 1 aromatic rings. The molecule has 0 spiro atoms. The summed E-state index contributed by atoms with van der Waals surface area (Å²) >= 11 is 0. The van der Waals surface area contributed by atoms with E-state index in [4.69, 9.17) is 23.7 Å². The molecule has 3 heterocycles. The zero-order valence-corrected chi connectivity index (χ0v) is 15.6. The first-order valence-electron chi connectivity index (χ1n) is 9.18. The van der Waals surface area contributed by atoms with Gasteiger partial charge in [-0.05, 0) is 31.4 Å². The van der Waals surface area contributed by atoms with E-state index in [9.17, 15) is 4.79 Å². The third-order valence-electron chi connectivity index (χ3n) is 4.79. The molecule has 0 saturated carbocycles. The summed E-state index contributed by atoms with van der Waals surface area (Å²) < 4.78 is 28.1. The number of hydrogen-bond acceptors (Lipinski definition) is 6. The Kier molecular flexibility index (Phi) is 6.42. The van der Waals surface area contributed by atoms with Crippen molar-refractivity contribution in [1.82, 2.24) is 0 Å². The highest BCUT2D eigenvalue weighted by atomic mass is 16.9. The normalized spacial score (nSPS) is 27.6. The van der Waals surface area contributed by atoms with Crippen LogP contribution in [0.1, 0.15) is 36.2 Å². The van der Waals surface area contributed by atoms with Gasteiger partial charge in [0, 0.05) is 19.1 Å². The molecule has 26 heavy (non-hydrogen) atoms. The zero-order chi connectivity index (χ0) is 18.5. The molecule has 3 aliphatic heterocycles. The summed E-state index contributed by atoms with van der Waals surface area (Å²) in [5.74, 6) is -0.768. The molecule has 144 valence electrons. The molecule has 6 heteroatoms. The molecule has 3 fully saturated rings. The summed E-state index contributed by atoms with van der Waals surface area (Å²) in [5.41, 5.74) is 1.73. The Labute approximate surface area is 154 Å². The molecule has 0 amide bonds. The fourth-order valence-electron chi connectivity index (χ4n) is 3.06. The van der Waals surface area contributed by atoms with Gasteiger partial charge in [-0.1, -0.05) is 18.2 Å². The van der Waals surface area contributed by atoms with E-state index in [2.05, 4.69) is 0 Å². The fourth-order valence-corrected chi connectivity index (χ4v) is 3.06. The zero-order valence-electron chi connectivity index (χ0n) is 15.6. The molecule has 0 unspecified atom stereocenters. The number of Topliss-reactive ketones (excluding diaryl/α,β-unsaturated/α-hetero) is 1. The SMILES string of the molecule is CC(=O)c1cccc(CCCOCCOCC23COC(C)(OC2)OC3)c1. The van der Waals surface area contributed by atoms with E-state index in [1.165, 1.54) is 5.56 Å². The van der Waals surface area contributed by atoms with Crippen LogP contribution in [0.15, 0.2) is 24.3 Å². The lowest BCUT2D eigenvalue weighted by atomic mass is 9.90. The average Bonchev–Trinajstić information content (AvgIpc) is 2.65.